The molecular weight excluding hydrogens is 296 g/mol. The summed E-state index contributed by atoms with van der Waals surface area (Å²) in [6.07, 6.45) is 0. The summed E-state index contributed by atoms with van der Waals surface area (Å²) in [5.41, 5.74) is 6.85. The fraction of sp³-hybridized carbons (Fsp3) is 0.143. The van der Waals surface area contributed by atoms with Crippen molar-refractivity contribution in [2.24, 2.45) is 5.73 Å². The molecule has 20 heavy (non-hydrogen) atoms. The first kappa shape index (κ1) is 14.8. The zero-order chi connectivity index (χ0) is 14.7. The molecule has 0 aliphatic rings. The van der Waals surface area contributed by atoms with Gasteiger partial charge in [0, 0.05) is 28.0 Å². The van der Waals surface area contributed by atoms with E-state index in [4.69, 9.17) is 17.3 Å². The highest BCUT2D eigenvalue weighted by Gasteiger charge is 2.08. The van der Waals surface area contributed by atoms with Crippen molar-refractivity contribution in [2.75, 3.05) is 0 Å². The van der Waals surface area contributed by atoms with E-state index < -0.39 is 4.92 Å². The SMILES string of the molecule is C[C@H](N)c1ccc(Sc2ccc([N+](=O)[O-])cc2)c(Cl)c1. The Hall–Kier alpha value is -1.56. The van der Waals surface area contributed by atoms with E-state index in [1.54, 1.807) is 12.1 Å². The number of halogens is 1. The molecule has 0 unspecified atom stereocenters. The van der Waals surface area contributed by atoms with Crippen LogP contribution in [-0.4, -0.2) is 4.92 Å². The number of hydrogen-bond acceptors (Lipinski definition) is 4. The third-order valence-corrected chi connectivity index (χ3v) is 4.27. The van der Waals surface area contributed by atoms with Gasteiger partial charge in [0.05, 0.1) is 9.95 Å². The number of rotatable bonds is 4. The lowest BCUT2D eigenvalue weighted by atomic mass is 10.1. The number of hydrogen-bond donors (Lipinski definition) is 1. The van der Waals surface area contributed by atoms with Gasteiger partial charge in [-0.1, -0.05) is 29.4 Å². The van der Waals surface area contributed by atoms with Gasteiger partial charge in [-0.3, -0.25) is 10.1 Å². The summed E-state index contributed by atoms with van der Waals surface area (Å²) in [6, 6.07) is 12.0. The minimum absolute atomic E-state index is 0.0640. The molecule has 2 aromatic rings. The van der Waals surface area contributed by atoms with E-state index in [1.807, 2.05) is 25.1 Å². The standard InChI is InChI=1S/C14H13ClN2O2S/c1-9(16)10-2-7-14(13(15)8-10)20-12-5-3-11(4-6-12)17(18)19/h2-9H,16H2,1H3/t9-/m0/s1. The van der Waals surface area contributed by atoms with Gasteiger partial charge in [-0.05, 0) is 36.8 Å². The van der Waals surface area contributed by atoms with Crippen molar-refractivity contribution in [2.45, 2.75) is 22.8 Å². The van der Waals surface area contributed by atoms with Crippen molar-refractivity contribution in [1.82, 2.24) is 0 Å². The van der Waals surface area contributed by atoms with Gasteiger partial charge >= 0.3 is 0 Å². The van der Waals surface area contributed by atoms with E-state index in [9.17, 15) is 10.1 Å². The molecule has 2 N–H and O–H groups in total. The minimum atomic E-state index is -0.418. The quantitative estimate of drug-likeness (QED) is 0.670. The molecule has 0 spiro atoms. The third kappa shape index (κ3) is 3.50. The van der Waals surface area contributed by atoms with E-state index in [0.29, 0.717) is 5.02 Å². The van der Waals surface area contributed by atoms with Crippen molar-refractivity contribution in [1.29, 1.82) is 0 Å². The zero-order valence-electron chi connectivity index (χ0n) is 10.7. The molecule has 0 saturated heterocycles. The summed E-state index contributed by atoms with van der Waals surface area (Å²) in [6.45, 7) is 1.90. The van der Waals surface area contributed by atoms with Gasteiger partial charge in [0.2, 0.25) is 0 Å². The molecule has 2 rings (SSSR count). The first-order valence-corrected chi connectivity index (χ1v) is 7.14. The van der Waals surface area contributed by atoms with Crippen LogP contribution in [0.4, 0.5) is 5.69 Å². The molecular formula is C14H13ClN2O2S. The maximum atomic E-state index is 10.6. The van der Waals surface area contributed by atoms with Crippen LogP contribution in [0.1, 0.15) is 18.5 Å². The van der Waals surface area contributed by atoms with Crippen LogP contribution in [0.25, 0.3) is 0 Å². The van der Waals surface area contributed by atoms with E-state index in [1.165, 1.54) is 23.9 Å². The van der Waals surface area contributed by atoms with Crippen LogP contribution in [0.2, 0.25) is 5.02 Å². The predicted molar refractivity (Wildman–Crippen MR) is 81.3 cm³/mol. The first-order valence-electron chi connectivity index (χ1n) is 5.94. The molecule has 0 fully saturated rings. The molecule has 0 aliphatic carbocycles. The molecule has 104 valence electrons. The first-order chi connectivity index (χ1) is 9.47. The number of nitrogens with zero attached hydrogens (tertiary/aromatic N) is 1. The van der Waals surface area contributed by atoms with E-state index in [0.717, 1.165) is 15.4 Å². The van der Waals surface area contributed by atoms with Crippen molar-refractivity contribution in [3.05, 3.63) is 63.2 Å². The van der Waals surface area contributed by atoms with Crippen LogP contribution in [0.5, 0.6) is 0 Å². The summed E-state index contributed by atoms with van der Waals surface area (Å²) in [5.74, 6) is 0. The second-order valence-electron chi connectivity index (χ2n) is 4.33. The summed E-state index contributed by atoms with van der Waals surface area (Å²) < 4.78 is 0. The highest BCUT2D eigenvalue weighted by Crippen LogP contribution is 2.35. The fourth-order valence-corrected chi connectivity index (χ4v) is 2.77. The zero-order valence-corrected chi connectivity index (χ0v) is 12.3. The van der Waals surface area contributed by atoms with Gasteiger partial charge in [-0.25, -0.2) is 0 Å². The smallest absolute Gasteiger partial charge is 0.269 e. The van der Waals surface area contributed by atoms with E-state index in [2.05, 4.69) is 0 Å². The molecule has 0 aromatic heterocycles. The molecule has 1 atom stereocenters. The Bertz CT molecular complexity index is 630. The Morgan fingerprint density at radius 3 is 2.40 bits per heavy atom. The number of non-ortho nitro benzene ring substituents is 1. The molecule has 0 bridgehead atoms. The Morgan fingerprint density at radius 2 is 1.90 bits per heavy atom. The molecule has 0 saturated carbocycles. The molecule has 0 radical (unpaired) electrons. The van der Waals surface area contributed by atoms with Crippen LogP contribution in [0.15, 0.2) is 52.3 Å². The van der Waals surface area contributed by atoms with Gasteiger partial charge in [-0.15, -0.1) is 0 Å². The number of nitrogens with two attached hydrogens (primary N) is 1. The highest BCUT2D eigenvalue weighted by atomic mass is 35.5. The molecule has 0 amide bonds. The Labute approximate surface area is 126 Å². The Balaban J connectivity index is 2.19. The van der Waals surface area contributed by atoms with Gasteiger partial charge in [-0.2, -0.15) is 0 Å². The van der Waals surface area contributed by atoms with Crippen LogP contribution >= 0.6 is 23.4 Å². The van der Waals surface area contributed by atoms with Crippen LogP contribution in [0.3, 0.4) is 0 Å². The maximum Gasteiger partial charge on any atom is 0.269 e. The second-order valence-corrected chi connectivity index (χ2v) is 5.85. The average molecular weight is 309 g/mol. The van der Waals surface area contributed by atoms with Crippen molar-refractivity contribution in [3.63, 3.8) is 0 Å². The second kappa shape index (κ2) is 6.26. The van der Waals surface area contributed by atoms with Crippen molar-refractivity contribution >= 4 is 29.1 Å². The number of benzene rings is 2. The number of nitro benzene ring substituents is 1. The van der Waals surface area contributed by atoms with Crippen LogP contribution < -0.4 is 5.73 Å². The summed E-state index contributed by atoms with van der Waals surface area (Å²) >= 11 is 7.68. The molecule has 0 aliphatic heterocycles. The monoisotopic (exact) mass is 308 g/mol. The number of nitro groups is 1. The summed E-state index contributed by atoms with van der Waals surface area (Å²) in [7, 11) is 0. The lowest BCUT2D eigenvalue weighted by molar-refractivity contribution is -0.384. The molecule has 6 heteroatoms. The van der Waals surface area contributed by atoms with E-state index >= 15 is 0 Å². The summed E-state index contributed by atoms with van der Waals surface area (Å²) in [5, 5.41) is 11.2. The van der Waals surface area contributed by atoms with Crippen LogP contribution in [-0.2, 0) is 0 Å². The lowest BCUT2D eigenvalue weighted by Gasteiger charge is -2.09. The topological polar surface area (TPSA) is 69.2 Å². The third-order valence-electron chi connectivity index (χ3n) is 2.76. The predicted octanol–water partition coefficient (Wildman–Crippen LogP) is 4.42. The average Bonchev–Trinajstić information content (AvgIpc) is 2.41. The Kier molecular flexibility index (Phi) is 4.65. The van der Waals surface area contributed by atoms with Crippen LogP contribution in [0, 0.1) is 10.1 Å². The van der Waals surface area contributed by atoms with Gasteiger partial charge in [0.1, 0.15) is 0 Å². The normalized spacial score (nSPS) is 12.2. The largest absolute Gasteiger partial charge is 0.324 e. The highest BCUT2D eigenvalue weighted by molar-refractivity contribution is 7.99. The molecule has 2 aromatic carbocycles. The lowest BCUT2D eigenvalue weighted by Crippen LogP contribution is -2.04. The molecule has 0 heterocycles. The van der Waals surface area contributed by atoms with Gasteiger partial charge in [0.25, 0.3) is 5.69 Å². The van der Waals surface area contributed by atoms with Crippen molar-refractivity contribution in [3.8, 4) is 0 Å². The Morgan fingerprint density at radius 1 is 1.25 bits per heavy atom. The van der Waals surface area contributed by atoms with Gasteiger partial charge < -0.3 is 5.73 Å². The van der Waals surface area contributed by atoms with E-state index in [-0.39, 0.29) is 11.7 Å². The van der Waals surface area contributed by atoms with Crippen molar-refractivity contribution < 1.29 is 4.92 Å². The minimum Gasteiger partial charge on any atom is -0.324 e. The molecule has 4 nitrogen and oxygen atoms in total. The maximum absolute atomic E-state index is 10.6. The summed E-state index contributed by atoms with van der Waals surface area (Å²) in [4.78, 5) is 12.0. The van der Waals surface area contributed by atoms with Gasteiger partial charge in [0.15, 0.2) is 0 Å². The fourth-order valence-electron chi connectivity index (χ4n) is 1.65.